The smallest absolute Gasteiger partial charge is 0.178 e. The number of halogens is 1. The third-order valence-electron chi connectivity index (χ3n) is 6.33. The molecule has 6 nitrogen and oxygen atoms in total. The van der Waals surface area contributed by atoms with E-state index in [2.05, 4.69) is 20.7 Å². The summed E-state index contributed by atoms with van der Waals surface area (Å²) in [5.41, 5.74) is 2.58. The van der Waals surface area contributed by atoms with E-state index in [1.54, 1.807) is 11.8 Å². The molecule has 2 aliphatic heterocycles. The number of likely N-dealkylation sites (N-methyl/N-ethyl adjacent to an activating group) is 1. The van der Waals surface area contributed by atoms with Gasteiger partial charge >= 0.3 is 0 Å². The van der Waals surface area contributed by atoms with Crippen LogP contribution in [0.25, 0.3) is 5.69 Å². The molecule has 3 heterocycles. The summed E-state index contributed by atoms with van der Waals surface area (Å²) in [6, 6.07) is 2.24. The molecule has 1 spiro atoms. The lowest BCUT2D eigenvalue weighted by atomic mass is 9.64. The largest absolute Gasteiger partial charge is 0.494 e. The number of fused-ring (bicyclic) bond motifs is 2. The summed E-state index contributed by atoms with van der Waals surface area (Å²) in [5.74, 6) is 0.993. The van der Waals surface area contributed by atoms with Crippen LogP contribution in [0.1, 0.15) is 49.3 Å². The standard InChI is InChI=1S/C20H24FN5O/c1-22-19-20(6-4-7-20)13-9-15(27-2)18(16(21)17(13)25-19)26-11-12(10-24-26)14-5-3-8-23-14/h9-11,14,23H,3-8H2,1-2H3,(H,22,25). The van der Waals surface area contributed by atoms with Gasteiger partial charge in [-0.3, -0.25) is 0 Å². The zero-order chi connectivity index (χ0) is 18.6. The summed E-state index contributed by atoms with van der Waals surface area (Å²) in [5, 5.41) is 11.1. The summed E-state index contributed by atoms with van der Waals surface area (Å²) < 4.78 is 22.8. The van der Waals surface area contributed by atoms with Crippen molar-refractivity contribution in [3.05, 3.63) is 35.4 Å². The number of amidine groups is 1. The Morgan fingerprint density at radius 1 is 1.37 bits per heavy atom. The number of hydrogen-bond acceptors (Lipinski definition) is 5. The summed E-state index contributed by atoms with van der Waals surface area (Å²) in [6.07, 6.45) is 9.03. The molecule has 2 aromatic rings. The molecule has 1 atom stereocenters. The van der Waals surface area contributed by atoms with Crippen LogP contribution in [-0.2, 0) is 5.41 Å². The predicted molar refractivity (Wildman–Crippen MR) is 102 cm³/mol. The number of nitrogens with zero attached hydrogens (tertiary/aromatic N) is 3. The maximum Gasteiger partial charge on any atom is 0.178 e. The van der Waals surface area contributed by atoms with E-state index in [0.29, 0.717) is 17.1 Å². The molecule has 1 unspecified atom stereocenters. The number of methoxy groups -OCH3 is 1. The average Bonchev–Trinajstić information content (AvgIpc) is 3.37. The van der Waals surface area contributed by atoms with Gasteiger partial charge in [-0.25, -0.2) is 14.1 Å². The number of nitrogens with one attached hydrogen (secondary N) is 2. The molecule has 1 saturated heterocycles. The summed E-state index contributed by atoms with van der Waals surface area (Å²) in [4.78, 5) is 4.61. The molecular weight excluding hydrogens is 345 g/mol. The molecule has 142 valence electrons. The second kappa shape index (κ2) is 6.05. The van der Waals surface area contributed by atoms with Crippen LogP contribution in [-0.4, -0.2) is 36.3 Å². The maximum absolute atomic E-state index is 15.6. The van der Waals surface area contributed by atoms with Gasteiger partial charge in [0.05, 0.1) is 18.7 Å². The van der Waals surface area contributed by atoms with Crippen molar-refractivity contribution in [1.29, 1.82) is 0 Å². The monoisotopic (exact) mass is 369 g/mol. The predicted octanol–water partition coefficient (Wildman–Crippen LogP) is 3.13. The van der Waals surface area contributed by atoms with E-state index in [1.807, 2.05) is 25.5 Å². The highest BCUT2D eigenvalue weighted by Crippen LogP contribution is 2.54. The Kier molecular flexibility index (Phi) is 3.75. The van der Waals surface area contributed by atoms with Crippen molar-refractivity contribution < 1.29 is 9.13 Å². The van der Waals surface area contributed by atoms with Crippen molar-refractivity contribution in [2.24, 2.45) is 4.99 Å². The van der Waals surface area contributed by atoms with Crippen LogP contribution >= 0.6 is 0 Å². The number of ether oxygens (including phenoxy) is 1. The second-order valence-corrected chi connectivity index (χ2v) is 7.65. The topological polar surface area (TPSA) is 63.5 Å². The maximum atomic E-state index is 15.6. The number of benzene rings is 1. The third kappa shape index (κ3) is 2.27. The van der Waals surface area contributed by atoms with Gasteiger partial charge in [-0.1, -0.05) is 6.42 Å². The fourth-order valence-corrected chi connectivity index (χ4v) is 4.74. The van der Waals surface area contributed by atoms with Gasteiger partial charge < -0.3 is 15.4 Å². The molecule has 0 amide bonds. The molecular formula is C20H24FN5O. The Morgan fingerprint density at radius 3 is 2.85 bits per heavy atom. The third-order valence-corrected chi connectivity index (χ3v) is 6.33. The Hall–Kier alpha value is -2.41. The van der Waals surface area contributed by atoms with Gasteiger partial charge in [0.15, 0.2) is 5.82 Å². The highest BCUT2D eigenvalue weighted by atomic mass is 19.1. The van der Waals surface area contributed by atoms with Gasteiger partial charge in [0, 0.05) is 24.8 Å². The van der Waals surface area contributed by atoms with Crippen molar-refractivity contribution in [2.45, 2.75) is 43.6 Å². The first-order valence-corrected chi connectivity index (χ1v) is 9.64. The van der Waals surface area contributed by atoms with E-state index in [0.717, 1.165) is 55.6 Å². The minimum atomic E-state index is -0.366. The van der Waals surface area contributed by atoms with Gasteiger partial charge in [-0.15, -0.1) is 0 Å². The van der Waals surface area contributed by atoms with Crippen LogP contribution in [0, 0.1) is 5.82 Å². The molecule has 1 saturated carbocycles. The Bertz CT molecular complexity index is 925. The van der Waals surface area contributed by atoms with E-state index in [4.69, 9.17) is 4.74 Å². The molecule has 0 bridgehead atoms. The minimum Gasteiger partial charge on any atom is -0.494 e. The zero-order valence-corrected chi connectivity index (χ0v) is 15.7. The normalized spacial score (nSPS) is 22.5. The van der Waals surface area contributed by atoms with Gasteiger partial charge in [0.1, 0.15) is 23.0 Å². The van der Waals surface area contributed by atoms with E-state index in [9.17, 15) is 0 Å². The Labute approximate surface area is 157 Å². The Morgan fingerprint density at radius 2 is 2.22 bits per heavy atom. The second-order valence-electron chi connectivity index (χ2n) is 7.65. The number of aromatic nitrogens is 2. The Balaban J connectivity index is 1.63. The molecule has 2 N–H and O–H groups in total. The highest BCUT2D eigenvalue weighted by molar-refractivity contribution is 6.01. The number of rotatable bonds is 3. The molecule has 27 heavy (non-hydrogen) atoms. The molecule has 1 aliphatic carbocycles. The van der Waals surface area contributed by atoms with Gasteiger partial charge in [0.25, 0.3) is 0 Å². The van der Waals surface area contributed by atoms with Crippen LogP contribution in [0.5, 0.6) is 5.75 Å². The summed E-state index contributed by atoms with van der Waals surface area (Å²) in [7, 11) is 3.44. The van der Waals surface area contributed by atoms with Crippen LogP contribution in [0.15, 0.2) is 23.5 Å². The lowest BCUT2D eigenvalue weighted by Crippen LogP contribution is -2.45. The van der Waals surface area contributed by atoms with Gasteiger partial charge in [-0.05, 0) is 43.9 Å². The van der Waals surface area contributed by atoms with Gasteiger partial charge in [-0.2, -0.15) is 5.10 Å². The molecule has 0 radical (unpaired) electrons. The first-order valence-electron chi connectivity index (χ1n) is 9.64. The number of aliphatic imine (C=N–C) groups is 1. The molecule has 5 rings (SSSR count). The first-order chi connectivity index (χ1) is 13.2. The highest BCUT2D eigenvalue weighted by Gasteiger charge is 2.49. The van der Waals surface area contributed by atoms with E-state index < -0.39 is 0 Å². The van der Waals surface area contributed by atoms with Crippen LogP contribution in [0.4, 0.5) is 10.1 Å². The van der Waals surface area contributed by atoms with Crippen molar-refractivity contribution in [3.63, 3.8) is 0 Å². The van der Waals surface area contributed by atoms with Gasteiger partial charge in [0.2, 0.25) is 0 Å². The van der Waals surface area contributed by atoms with Crippen molar-refractivity contribution in [1.82, 2.24) is 20.4 Å². The lowest BCUT2D eigenvalue weighted by molar-refractivity contribution is 0.337. The quantitative estimate of drug-likeness (QED) is 0.873. The fourth-order valence-electron chi connectivity index (χ4n) is 4.74. The van der Waals surface area contributed by atoms with Crippen molar-refractivity contribution >= 4 is 11.5 Å². The van der Waals surface area contributed by atoms with Crippen LogP contribution in [0.2, 0.25) is 0 Å². The van der Waals surface area contributed by atoms with E-state index >= 15 is 4.39 Å². The first kappa shape index (κ1) is 16.7. The molecule has 7 heteroatoms. The molecule has 1 aromatic heterocycles. The lowest BCUT2D eigenvalue weighted by Gasteiger charge is -2.40. The van der Waals surface area contributed by atoms with Crippen LogP contribution < -0.4 is 15.4 Å². The molecule has 3 aliphatic rings. The number of hydrogen-bond donors (Lipinski definition) is 2. The SMILES string of the molecule is CNC1=Nc2c(cc(OC)c(-n3cc(C4CCCN4)cn3)c2F)C12CCC2. The summed E-state index contributed by atoms with van der Waals surface area (Å²) in [6.45, 7) is 1.01. The minimum absolute atomic E-state index is 0.181. The van der Waals surface area contributed by atoms with E-state index in [1.165, 1.54) is 0 Å². The van der Waals surface area contributed by atoms with Crippen LogP contribution in [0.3, 0.4) is 0 Å². The molecule has 1 aromatic carbocycles. The molecule has 2 fully saturated rings. The fraction of sp³-hybridized carbons (Fsp3) is 0.500. The van der Waals surface area contributed by atoms with Crippen molar-refractivity contribution in [3.8, 4) is 11.4 Å². The van der Waals surface area contributed by atoms with E-state index in [-0.39, 0.29) is 17.3 Å². The zero-order valence-electron chi connectivity index (χ0n) is 15.7. The summed E-state index contributed by atoms with van der Waals surface area (Å²) >= 11 is 0. The average molecular weight is 369 g/mol. The van der Waals surface area contributed by atoms with Crippen molar-refractivity contribution in [2.75, 3.05) is 20.7 Å².